The van der Waals surface area contributed by atoms with E-state index in [0.717, 1.165) is 35.3 Å². The Morgan fingerprint density at radius 1 is 1.21 bits per heavy atom. The third-order valence-electron chi connectivity index (χ3n) is 4.36. The van der Waals surface area contributed by atoms with Crippen LogP contribution < -0.4 is 10.2 Å². The Morgan fingerprint density at radius 2 is 2.11 bits per heavy atom. The number of rotatable bonds is 5. The second-order valence-electron chi connectivity index (χ2n) is 6.24. The van der Waals surface area contributed by atoms with Crippen LogP contribution in [0.2, 0.25) is 0 Å². The molecule has 2 aliphatic heterocycles. The van der Waals surface area contributed by atoms with Crippen LogP contribution in [0, 0.1) is 0 Å². The second kappa shape index (κ2) is 7.33. The molecule has 7 nitrogen and oxygen atoms in total. The highest BCUT2D eigenvalue weighted by atomic mass is 32.2. The molecule has 0 unspecified atom stereocenters. The Morgan fingerprint density at radius 3 is 3.00 bits per heavy atom. The lowest BCUT2D eigenvalue weighted by Crippen LogP contribution is -2.21. The summed E-state index contributed by atoms with van der Waals surface area (Å²) in [4.78, 5) is 24.5. The molecule has 0 saturated heterocycles. The summed E-state index contributed by atoms with van der Waals surface area (Å²) in [7, 11) is 0. The fraction of sp³-hybridized carbons (Fsp3) is 0.158. The molecule has 0 fully saturated rings. The van der Waals surface area contributed by atoms with Crippen molar-refractivity contribution in [3.63, 3.8) is 0 Å². The lowest BCUT2D eigenvalue weighted by atomic mass is 10.2. The van der Waals surface area contributed by atoms with Crippen LogP contribution in [0.4, 0.5) is 11.4 Å². The van der Waals surface area contributed by atoms with E-state index in [1.807, 2.05) is 48.5 Å². The number of carbonyl (C=O) groups is 1. The molecule has 140 valence electrons. The fourth-order valence-corrected chi connectivity index (χ4v) is 4.74. The van der Waals surface area contributed by atoms with Crippen molar-refractivity contribution in [2.45, 2.75) is 10.1 Å². The molecule has 5 rings (SSSR count). The van der Waals surface area contributed by atoms with Crippen molar-refractivity contribution in [1.82, 2.24) is 14.8 Å². The molecule has 0 radical (unpaired) electrons. The van der Waals surface area contributed by atoms with Gasteiger partial charge < -0.3 is 10.2 Å². The lowest BCUT2D eigenvalue weighted by molar-refractivity contribution is -0.113. The summed E-state index contributed by atoms with van der Waals surface area (Å²) < 4.78 is 1.70. The molecule has 0 bridgehead atoms. The number of aliphatic imine (C=N–C) groups is 1. The maximum atomic E-state index is 12.4. The Bertz CT molecular complexity index is 1070. The monoisotopic (exact) mass is 408 g/mol. The molecule has 0 saturated carbocycles. The van der Waals surface area contributed by atoms with Gasteiger partial charge in [-0.3, -0.25) is 9.79 Å². The lowest BCUT2D eigenvalue weighted by Gasteiger charge is -2.13. The van der Waals surface area contributed by atoms with Crippen molar-refractivity contribution in [3.05, 3.63) is 54.9 Å². The largest absolute Gasteiger partial charge is 0.325 e. The van der Waals surface area contributed by atoms with E-state index in [-0.39, 0.29) is 11.7 Å². The molecule has 2 aromatic carbocycles. The highest BCUT2D eigenvalue weighted by molar-refractivity contribution is 8.14. The molecule has 28 heavy (non-hydrogen) atoms. The molecule has 0 aliphatic carbocycles. The first-order valence-electron chi connectivity index (χ1n) is 8.80. The van der Waals surface area contributed by atoms with E-state index >= 15 is 0 Å². The molecular weight excluding hydrogens is 392 g/mol. The summed E-state index contributed by atoms with van der Waals surface area (Å²) in [5, 5.41) is 8.99. The molecule has 3 heterocycles. The maximum Gasteiger partial charge on any atom is 0.234 e. The van der Waals surface area contributed by atoms with Crippen molar-refractivity contribution in [3.8, 4) is 5.69 Å². The minimum absolute atomic E-state index is 0.0815. The molecule has 1 aromatic heterocycles. The Kier molecular flexibility index (Phi) is 4.53. The molecule has 2 aliphatic rings. The highest BCUT2D eigenvalue weighted by Crippen LogP contribution is 2.43. The number of aromatic nitrogens is 3. The predicted molar refractivity (Wildman–Crippen MR) is 113 cm³/mol. The first-order chi connectivity index (χ1) is 13.8. The van der Waals surface area contributed by atoms with Gasteiger partial charge in [-0.05, 0) is 42.1 Å². The van der Waals surface area contributed by atoms with Crippen molar-refractivity contribution in [2.75, 3.05) is 29.1 Å². The zero-order valence-electron chi connectivity index (χ0n) is 14.8. The van der Waals surface area contributed by atoms with Crippen LogP contribution in [-0.4, -0.2) is 44.7 Å². The summed E-state index contributed by atoms with van der Waals surface area (Å²) >= 11 is 3.00. The smallest absolute Gasteiger partial charge is 0.234 e. The van der Waals surface area contributed by atoms with Gasteiger partial charge in [0.2, 0.25) is 11.1 Å². The van der Waals surface area contributed by atoms with Crippen LogP contribution in [0.15, 0.2) is 69.9 Å². The van der Waals surface area contributed by atoms with Crippen molar-refractivity contribution >= 4 is 46.0 Å². The fourth-order valence-electron chi connectivity index (χ4n) is 3.07. The average Bonchev–Trinajstić information content (AvgIpc) is 3.43. The normalized spacial score (nSPS) is 14.6. The zero-order chi connectivity index (χ0) is 18.9. The SMILES string of the molecule is O=C(CSc1ncn(-c2ccccc2)n1)Nc1ccc2c(c1)N1CCN=C1S2. The summed E-state index contributed by atoms with van der Waals surface area (Å²) in [5.41, 5.74) is 2.85. The standard InChI is InChI=1S/C19H16N6OS2/c26-17(11-27-18-21-12-25(23-18)14-4-2-1-3-5-14)22-13-6-7-16-15(10-13)24-9-8-20-19(24)28-16/h1-7,10,12H,8-9,11H2,(H,22,26). The van der Waals surface area contributed by atoms with E-state index in [2.05, 4.69) is 25.3 Å². The van der Waals surface area contributed by atoms with Gasteiger partial charge in [-0.15, -0.1) is 5.10 Å². The van der Waals surface area contributed by atoms with Gasteiger partial charge in [0.05, 0.1) is 23.7 Å². The topological polar surface area (TPSA) is 75.4 Å². The minimum atomic E-state index is -0.0815. The van der Waals surface area contributed by atoms with Crippen LogP contribution in [-0.2, 0) is 4.79 Å². The number of fused-ring (bicyclic) bond motifs is 3. The number of carbonyl (C=O) groups excluding carboxylic acids is 1. The molecule has 0 atom stereocenters. The quantitative estimate of drug-likeness (QED) is 0.653. The summed E-state index contributed by atoms with van der Waals surface area (Å²) in [6.07, 6.45) is 1.66. The van der Waals surface area contributed by atoms with Crippen LogP contribution >= 0.6 is 23.5 Å². The number of anilines is 2. The minimum Gasteiger partial charge on any atom is -0.325 e. The van der Waals surface area contributed by atoms with Crippen LogP contribution in [0.1, 0.15) is 0 Å². The summed E-state index contributed by atoms with van der Waals surface area (Å²) in [5.74, 6) is 0.170. The Labute approximate surface area is 170 Å². The van der Waals surface area contributed by atoms with Gasteiger partial charge in [0.15, 0.2) is 5.17 Å². The maximum absolute atomic E-state index is 12.4. The molecule has 3 aromatic rings. The number of hydrogen-bond donors (Lipinski definition) is 1. The van der Waals surface area contributed by atoms with E-state index in [9.17, 15) is 4.79 Å². The zero-order valence-corrected chi connectivity index (χ0v) is 16.4. The first kappa shape index (κ1) is 17.3. The summed E-state index contributed by atoms with van der Waals surface area (Å²) in [6.45, 7) is 1.73. The average molecular weight is 409 g/mol. The Balaban J connectivity index is 1.20. The van der Waals surface area contributed by atoms with E-state index in [4.69, 9.17) is 0 Å². The third kappa shape index (κ3) is 3.38. The number of thioether (sulfide) groups is 2. The molecular formula is C19H16N6OS2. The number of nitrogens with zero attached hydrogens (tertiary/aromatic N) is 5. The molecule has 1 N–H and O–H groups in total. The molecule has 0 spiro atoms. The predicted octanol–water partition coefficient (Wildman–Crippen LogP) is 3.28. The van der Waals surface area contributed by atoms with Gasteiger partial charge in [0.25, 0.3) is 0 Å². The van der Waals surface area contributed by atoms with E-state index in [1.165, 1.54) is 16.7 Å². The number of hydrogen-bond acceptors (Lipinski definition) is 7. The highest BCUT2D eigenvalue weighted by Gasteiger charge is 2.29. The second-order valence-corrected chi connectivity index (χ2v) is 8.20. The van der Waals surface area contributed by atoms with Gasteiger partial charge in [0.1, 0.15) is 6.33 Å². The Hall–Kier alpha value is -2.78. The van der Waals surface area contributed by atoms with E-state index < -0.39 is 0 Å². The number of amides is 1. The van der Waals surface area contributed by atoms with Crippen molar-refractivity contribution < 1.29 is 4.79 Å². The van der Waals surface area contributed by atoms with Crippen LogP contribution in [0.25, 0.3) is 5.69 Å². The van der Waals surface area contributed by atoms with Gasteiger partial charge in [-0.25, -0.2) is 9.67 Å². The first-order valence-corrected chi connectivity index (χ1v) is 10.6. The van der Waals surface area contributed by atoms with Gasteiger partial charge >= 0.3 is 0 Å². The molecule has 1 amide bonds. The number of para-hydroxylation sites is 1. The number of benzene rings is 2. The van der Waals surface area contributed by atoms with E-state index in [1.54, 1.807) is 22.8 Å². The van der Waals surface area contributed by atoms with Crippen molar-refractivity contribution in [1.29, 1.82) is 0 Å². The van der Waals surface area contributed by atoms with Gasteiger partial charge in [0, 0.05) is 17.1 Å². The van der Waals surface area contributed by atoms with Crippen molar-refractivity contribution in [2.24, 2.45) is 4.99 Å². The molecule has 9 heteroatoms. The van der Waals surface area contributed by atoms with Crippen LogP contribution in [0.5, 0.6) is 0 Å². The van der Waals surface area contributed by atoms with Gasteiger partial charge in [-0.1, -0.05) is 30.0 Å². The summed E-state index contributed by atoms with van der Waals surface area (Å²) in [6, 6.07) is 15.7. The van der Waals surface area contributed by atoms with E-state index in [0.29, 0.717) is 5.16 Å². The number of nitrogens with one attached hydrogen (secondary N) is 1. The van der Waals surface area contributed by atoms with Gasteiger partial charge in [-0.2, -0.15) is 0 Å². The van der Waals surface area contributed by atoms with Crippen LogP contribution in [0.3, 0.4) is 0 Å². The third-order valence-corrected chi connectivity index (χ3v) is 6.31. The number of amidine groups is 1.